The number of carbonyl (C=O) groups is 1. The average Bonchev–Trinajstić information content (AvgIpc) is 2.39. The topological polar surface area (TPSA) is 96.1 Å². The standard InChI is InChI=1S/C12H7N3O3/c13-7-10-11(15-5-4-14-10)18-9-3-1-2-8(6-9)12(16)17/h1-6H,(H,16,17). The van der Waals surface area contributed by atoms with Gasteiger partial charge in [-0.25, -0.2) is 14.8 Å². The molecular formula is C12H7N3O3. The molecule has 0 spiro atoms. The van der Waals surface area contributed by atoms with Crippen molar-refractivity contribution in [2.45, 2.75) is 0 Å². The summed E-state index contributed by atoms with van der Waals surface area (Å²) in [5.74, 6) is -0.727. The van der Waals surface area contributed by atoms with Gasteiger partial charge in [-0.05, 0) is 18.2 Å². The number of hydrogen-bond acceptors (Lipinski definition) is 5. The number of aromatic carboxylic acids is 1. The van der Waals surface area contributed by atoms with Crippen LogP contribution in [0, 0.1) is 11.3 Å². The van der Waals surface area contributed by atoms with Crippen molar-refractivity contribution >= 4 is 5.97 Å². The molecule has 6 heteroatoms. The summed E-state index contributed by atoms with van der Waals surface area (Å²) in [6.45, 7) is 0. The molecule has 1 heterocycles. The van der Waals surface area contributed by atoms with Gasteiger partial charge in [0.2, 0.25) is 5.69 Å². The third kappa shape index (κ3) is 2.41. The van der Waals surface area contributed by atoms with E-state index in [2.05, 4.69) is 9.97 Å². The van der Waals surface area contributed by atoms with Gasteiger partial charge < -0.3 is 9.84 Å². The first-order valence-corrected chi connectivity index (χ1v) is 4.93. The summed E-state index contributed by atoms with van der Waals surface area (Å²) in [6.07, 6.45) is 2.76. The van der Waals surface area contributed by atoms with Gasteiger partial charge >= 0.3 is 5.97 Å². The molecule has 2 aromatic rings. The first-order valence-electron chi connectivity index (χ1n) is 4.93. The maximum atomic E-state index is 10.8. The molecule has 0 bridgehead atoms. The lowest BCUT2D eigenvalue weighted by molar-refractivity contribution is 0.0696. The second kappa shape index (κ2) is 4.93. The Morgan fingerprint density at radius 3 is 2.83 bits per heavy atom. The van der Waals surface area contributed by atoms with Crippen LogP contribution in [0.15, 0.2) is 36.7 Å². The Kier molecular flexibility index (Phi) is 3.16. The van der Waals surface area contributed by atoms with E-state index in [1.165, 1.54) is 24.5 Å². The molecule has 0 radical (unpaired) electrons. The van der Waals surface area contributed by atoms with Crippen LogP contribution in [0.25, 0.3) is 0 Å². The summed E-state index contributed by atoms with van der Waals surface area (Å²) in [7, 11) is 0. The van der Waals surface area contributed by atoms with Crippen LogP contribution in [0.5, 0.6) is 11.6 Å². The quantitative estimate of drug-likeness (QED) is 0.880. The molecular weight excluding hydrogens is 234 g/mol. The molecule has 1 aromatic heterocycles. The number of rotatable bonds is 3. The van der Waals surface area contributed by atoms with E-state index in [-0.39, 0.29) is 22.9 Å². The Morgan fingerprint density at radius 2 is 2.11 bits per heavy atom. The molecule has 88 valence electrons. The minimum absolute atomic E-state index is 0.0400. The SMILES string of the molecule is N#Cc1nccnc1Oc1cccc(C(=O)O)c1. The van der Waals surface area contributed by atoms with Gasteiger partial charge in [0.15, 0.2) is 0 Å². The van der Waals surface area contributed by atoms with Gasteiger partial charge in [0.1, 0.15) is 11.8 Å². The van der Waals surface area contributed by atoms with Crippen LogP contribution in [0.2, 0.25) is 0 Å². The van der Waals surface area contributed by atoms with E-state index in [0.29, 0.717) is 0 Å². The Morgan fingerprint density at radius 1 is 1.33 bits per heavy atom. The zero-order valence-electron chi connectivity index (χ0n) is 9.07. The van der Waals surface area contributed by atoms with Gasteiger partial charge in [-0.15, -0.1) is 0 Å². The van der Waals surface area contributed by atoms with Crippen LogP contribution < -0.4 is 4.74 Å². The Bertz CT molecular complexity index is 634. The van der Waals surface area contributed by atoms with Crippen molar-refractivity contribution in [3.63, 3.8) is 0 Å². The summed E-state index contributed by atoms with van der Waals surface area (Å²) in [6, 6.07) is 7.74. The average molecular weight is 241 g/mol. The highest BCUT2D eigenvalue weighted by molar-refractivity contribution is 5.88. The highest BCUT2D eigenvalue weighted by atomic mass is 16.5. The van der Waals surface area contributed by atoms with Crippen LogP contribution in [0.1, 0.15) is 16.1 Å². The zero-order chi connectivity index (χ0) is 13.0. The predicted octanol–water partition coefficient (Wildman–Crippen LogP) is 1.84. The highest BCUT2D eigenvalue weighted by Crippen LogP contribution is 2.21. The Hall–Kier alpha value is -2.94. The fourth-order valence-electron chi connectivity index (χ4n) is 1.28. The lowest BCUT2D eigenvalue weighted by atomic mass is 10.2. The first kappa shape index (κ1) is 11.5. The van der Waals surface area contributed by atoms with Gasteiger partial charge in [-0.1, -0.05) is 6.07 Å². The van der Waals surface area contributed by atoms with E-state index in [1.807, 2.05) is 6.07 Å². The van der Waals surface area contributed by atoms with Gasteiger partial charge in [-0.3, -0.25) is 0 Å². The number of benzene rings is 1. The number of carboxylic acids is 1. The second-order valence-electron chi connectivity index (χ2n) is 3.26. The summed E-state index contributed by atoms with van der Waals surface area (Å²) < 4.78 is 5.33. The van der Waals surface area contributed by atoms with E-state index < -0.39 is 5.97 Å². The number of ether oxygens (including phenoxy) is 1. The van der Waals surface area contributed by atoms with Crippen molar-refractivity contribution < 1.29 is 14.6 Å². The third-order valence-electron chi connectivity index (χ3n) is 2.07. The van der Waals surface area contributed by atoms with Crippen molar-refractivity contribution in [1.29, 1.82) is 5.26 Å². The molecule has 0 atom stereocenters. The number of nitrogens with zero attached hydrogens (tertiary/aromatic N) is 3. The number of carboxylic acid groups (broad SMARTS) is 1. The monoisotopic (exact) mass is 241 g/mol. The summed E-state index contributed by atoms with van der Waals surface area (Å²) >= 11 is 0. The van der Waals surface area contributed by atoms with E-state index in [9.17, 15) is 4.79 Å². The number of nitriles is 1. The minimum atomic E-state index is -1.06. The van der Waals surface area contributed by atoms with E-state index in [0.717, 1.165) is 0 Å². The largest absolute Gasteiger partial charge is 0.478 e. The van der Waals surface area contributed by atoms with E-state index >= 15 is 0 Å². The number of aromatic nitrogens is 2. The fourth-order valence-corrected chi connectivity index (χ4v) is 1.28. The summed E-state index contributed by atoms with van der Waals surface area (Å²) in [5.41, 5.74) is 0.133. The van der Waals surface area contributed by atoms with Crippen molar-refractivity contribution in [2.24, 2.45) is 0 Å². The lowest BCUT2D eigenvalue weighted by Gasteiger charge is -2.05. The van der Waals surface area contributed by atoms with Crippen molar-refractivity contribution in [3.8, 4) is 17.7 Å². The Balaban J connectivity index is 2.32. The molecule has 1 aromatic carbocycles. The second-order valence-corrected chi connectivity index (χ2v) is 3.26. The minimum Gasteiger partial charge on any atom is -0.478 e. The van der Waals surface area contributed by atoms with E-state index in [4.69, 9.17) is 15.1 Å². The summed E-state index contributed by atoms with van der Waals surface area (Å²) in [5, 5.41) is 17.7. The fraction of sp³-hybridized carbons (Fsp3) is 0. The zero-order valence-corrected chi connectivity index (χ0v) is 9.07. The molecule has 0 saturated heterocycles. The molecule has 6 nitrogen and oxygen atoms in total. The van der Waals surface area contributed by atoms with Crippen LogP contribution >= 0.6 is 0 Å². The smallest absolute Gasteiger partial charge is 0.335 e. The van der Waals surface area contributed by atoms with E-state index in [1.54, 1.807) is 12.1 Å². The van der Waals surface area contributed by atoms with Gasteiger partial charge in [0.05, 0.1) is 5.56 Å². The molecule has 18 heavy (non-hydrogen) atoms. The molecule has 0 aliphatic heterocycles. The molecule has 1 N–H and O–H groups in total. The van der Waals surface area contributed by atoms with Crippen LogP contribution in [-0.4, -0.2) is 21.0 Å². The molecule has 0 fully saturated rings. The molecule has 0 saturated carbocycles. The van der Waals surface area contributed by atoms with Gasteiger partial charge in [-0.2, -0.15) is 5.26 Å². The summed E-state index contributed by atoms with van der Waals surface area (Å²) in [4.78, 5) is 18.4. The molecule has 0 aliphatic carbocycles. The lowest BCUT2D eigenvalue weighted by Crippen LogP contribution is -1.98. The van der Waals surface area contributed by atoms with Gasteiger partial charge in [0.25, 0.3) is 5.88 Å². The van der Waals surface area contributed by atoms with Crippen molar-refractivity contribution in [3.05, 3.63) is 47.9 Å². The van der Waals surface area contributed by atoms with Crippen LogP contribution in [-0.2, 0) is 0 Å². The molecule has 0 unspecified atom stereocenters. The van der Waals surface area contributed by atoms with Crippen molar-refractivity contribution in [2.75, 3.05) is 0 Å². The van der Waals surface area contributed by atoms with Crippen LogP contribution in [0.3, 0.4) is 0 Å². The molecule has 0 amide bonds. The Labute approximate surface area is 102 Å². The number of hydrogen-bond donors (Lipinski definition) is 1. The normalized spacial score (nSPS) is 9.50. The first-order chi connectivity index (χ1) is 8.70. The molecule has 0 aliphatic rings. The maximum Gasteiger partial charge on any atom is 0.335 e. The maximum absolute atomic E-state index is 10.8. The predicted molar refractivity (Wildman–Crippen MR) is 60.2 cm³/mol. The van der Waals surface area contributed by atoms with Crippen molar-refractivity contribution in [1.82, 2.24) is 9.97 Å². The van der Waals surface area contributed by atoms with Gasteiger partial charge in [0, 0.05) is 12.4 Å². The third-order valence-corrected chi connectivity index (χ3v) is 2.07. The van der Waals surface area contributed by atoms with Crippen LogP contribution in [0.4, 0.5) is 0 Å². The molecule has 2 rings (SSSR count). The highest BCUT2D eigenvalue weighted by Gasteiger charge is 2.09.